The van der Waals surface area contributed by atoms with Crippen LogP contribution in [0.5, 0.6) is 11.5 Å². The Labute approximate surface area is 314 Å². The number of benzene rings is 4. The number of amides is 2. The topological polar surface area (TPSA) is 213 Å². The summed E-state index contributed by atoms with van der Waals surface area (Å²) in [4.78, 5) is 29.8. The number of aromatic nitrogens is 1. The van der Waals surface area contributed by atoms with Gasteiger partial charge in [0.05, 0.1) is 46.4 Å². The second-order valence-electron chi connectivity index (χ2n) is 12.9. The number of nitrogens with two attached hydrogens (primary N) is 1. The van der Waals surface area contributed by atoms with E-state index in [1.807, 2.05) is 0 Å². The number of methoxy groups -OCH3 is 1. The summed E-state index contributed by atoms with van der Waals surface area (Å²) in [5, 5.41) is 39.1. The van der Waals surface area contributed by atoms with Gasteiger partial charge >= 0.3 is 0 Å². The van der Waals surface area contributed by atoms with E-state index < -0.39 is 27.8 Å². The van der Waals surface area contributed by atoms with Gasteiger partial charge in [0.25, 0.3) is 11.8 Å². The monoisotopic (exact) mass is 755 g/mol. The number of carbonyl (C=O) groups is 2. The van der Waals surface area contributed by atoms with Crippen LogP contribution in [0.2, 0.25) is 0 Å². The number of anilines is 2. The van der Waals surface area contributed by atoms with Crippen molar-refractivity contribution in [2.24, 2.45) is 5.73 Å². The Hall–Kier alpha value is -5.54. The van der Waals surface area contributed by atoms with E-state index in [0.717, 1.165) is 25.7 Å². The number of ether oxygens (including phenoxy) is 1. The number of pyridine rings is 1. The van der Waals surface area contributed by atoms with Gasteiger partial charge in [-0.25, -0.2) is 8.42 Å². The molecule has 0 radical (unpaired) electrons. The molecular weight excluding hydrogens is 711 g/mol. The fourth-order valence-corrected chi connectivity index (χ4v) is 7.45. The van der Waals surface area contributed by atoms with Crippen molar-refractivity contribution in [3.63, 3.8) is 0 Å². The number of phenols is 1. The molecule has 1 atom stereocenters. The van der Waals surface area contributed by atoms with E-state index in [1.165, 1.54) is 49.7 Å². The molecule has 8 N–H and O–H groups in total. The lowest BCUT2D eigenvalue weighted by Crippen LogP contribution is -2.25. The lowest BCUT2D eigenvalue weighted by Gasteiger charge is -2.16. The van der Waals surface area contributed by atoms with Gasteiger partial charge in [0.2, 0.25) is 9.84 Å². The second kappa shape index (κ2) is 18.0. The van der Waals surface area contributed by atoms with Gasteiger partial charge in [0.1, 0.15) is 11.5 Å². The molecule has 0 aliphatic rings. The Morgan fingerprint density at radius 2 is 1.69 bits per heavy atom. The number of primary amides is 1. The third-order valence-electron chi connectivity index (χ3n) is 9.02. The predicted molar refractivity (Wildman–Crippen MR) is 206 cm³/mol. The quantitative estimate of drug-likeness (QED) is 0.0589. The minimum atomic E-state index is -4.12. The van der Waals surface area contributed by atoms with Crippen LogP contribution in [-0.4, -0.2) is 67.3 Å². The molecule has 0 aliphatic heterocycles. The molecule has 284 valence electrons. The van der Waals surface area contributed by atoms with Crippen LogP contribution in [-0.2, 0) is 16.4 Å². The molecule has 0 aliphatic carbocycles. The maximum Gasteiger partial charge on any atom is 0.252 e. The average Bonchev–Trinajstić information content (AvgIpc) is 3.17. The van der Waals surface area contributed by atoms with Crippen molar-refractivity contribution in [1.29, 1.82) is 0 Å². The summed E-state index contributed by atoms with van der Waals surface area (Å²) in [6.07, 6.45) is 3.94. The van der Waals surface area contributed by atoms with E-state index in [0.29, 0.717) is 64.4 Å². The molecule has 54 heavy (non-hydrogen) atoms. The number of unbranched alkanes of at least 4 members (excludes halogenated alkanes) is 3. The molecule has 0 bridgehead atoms. The first-order valence-electron chi connectivity index (χ1n) is 17.5. The summed E-state index contributed by atoms with van der Waals surface area (Å²) in [6.45, 7) is 2.85. The lowest BCUT2D eigenvalue weighted by molar-refractivity contribution is 0.0951. The Balaban J connectivity index is 1.19. The summed E-state index contributed by atoms with van der Waals surface area (Å²) >= 11 is 0. The molecule has 0 saturated carbocycles. The van der Waals surface area contributed by atoms with Crippen molar-refractivity contribution in [2.45, 2.75) is 55.1 Å². The number of hydrogen-bond donors (Lipinski definition) is 7. The van der Waals surface area contributed by atoms with E-state index in [2.05, 4.69) is 20.9 Å². The van der Waals surface area contributed by atoms with Crippen molar-refractivity contribution >= 4 is 43.9 Å². The zero-order chi connectivity index (χ0) is 38.8. The maximum atomic E-state index is 14.0. The highest BCUT2D eigenvalue weighted by molar-refractivity contribution is 7.91. The Kier molecular flexibility index (Phi) is 13.2. The molecule has 0 saturated heterocycles. The zero-order valence-corrected chi connectivity index (χ0v) is 30.9. The number of carbonyl (C=O) groups excluding carboxylic acids is 2. The second-order valence-corrected chi connectivity index (χ2v) is 14.8. The van der Waals surface area contributed by atoms with E-state index in [1.54, 1.807) is 49.4 Å². The minimum Gasteiger partial charge on any atom is -0.508 e. The first kappa shape index (κ1) is 39.7. The largest absolute Gasteiger partial charge is 0.508 e. The number of sulfone groups is 1. The third-order valence-corrected chi connectivity index (χ3v) is 10.7. The number of aryl methyl sites for hydroxylation is 1. The standard InChI is InChI=1S/C40H45N5O8S/c1-25-17-32(21-33-37(25)44-22-34(39(41)49)38(33)45-29-10-8-11-30(20-29)53-2)54(51,52)31-12-7-9-27(19-31)40(50)43-16-6-4-3-5-15-42-23-36(48)26-13-14-35(47)28(18-26)24-46/h7-14,17-22,36,42,46-48H,3-6,15-16,23-24H2,1-2H3,(H2,41,49)(H,43,50)(H,44,45). The van der Waals surface area contributed by atoms with Crippen LogP contribution in [0.25, 0.3) is 10.9 Å². The molecule has 2 amide bonds. The summed E-state index contributed by atoms with van der Waals surface area (Å²) in [6, 6.07) is 20.5. The smallest absolute Gasteiger partial charge is 0.252 e. The van der Waals surface area contributed by atoms with E-state index in [4.69, 9.17) is 10.5 Å². The Morgan fingerprint density at radius 3 is 2.43 bits per heavy atom. The lowest BCUT2D eigenvalue weighted by atomic mass is 10.1. The molecule has 4 aromatic carbocycles. The fourth-order valence-electron chi connectivity index (χ4n) is 6.04. The SMILES string of the molecule is COc1cccc(Nc2c(C(N)=O)cnc3c(C)cc(S(=O)(=O)c4cccc(C(=O)NCCCCCCNCC(O)c5ccc(O)c(CO)c5)c4)cc23)c1. The maximum absolute atomic E-state index is 14.0. The summed E-state index contributed by atoms with van der Waals surface area (Å²) in [5.74, 6) is -0.570. The summed E-state index contributed by atoms with van der Waals surface area (Å²) in [5.41, 5.74) is 8.89. The molecule has 0 spiro atoms. The number of nitrogens with zero attached hydrogens (tertiary/aromatic N) is 1. The number of hydrogen-bond acceptors (Lipinski definition) is 11. The molecule has 1 aromatic heterocycles. The van der Waals surface area contributed by atoms with Crippen LogP contribution in [0, 0.1) is 6.92 Å². The van der Waals surface area contributed by atoms with Gasteiger partial charge < -0.3 is 41.7 Å². The summed E-state index contributed by atoms with van der Waals surface area (Å²) < 4.78 is 33.3. The van der Waals surface area contributed by atoms with E-state index >= 15 is 0 Å². The van der Waals surface area contributed by atoms with Crippen molar-refractivity contribution in [3.8, 4) is 11.5 Å². The van der Waals surface area contributed by atoms with Crippen LogP contribution >= 0.6 is 0 Å². The van der Waals surface area contributed by atoms with Gasteiger partial charge in [-0.05, 0) is 92.0 Å². The van der Waals surface area contributed by atoms with Crippen LogP contribution in [0.3, 0.4) is 0 Å². The highest BCUT2D eigenvalue weighted by atomic mass is 32.2. The van der Waals surface area contributed by atoms with Crippen molar-refractivity contribution in [2.75, 3.05) is 32.1 Å². The molecule has 5 rings (SSSR count). The van der Waals surface area contributed by atoms with Gasteiger partial charge in [0, 0.05) is 47.6 Å². The number of nitrogens with one attached hydrogen (secondary N) is 3. The molecule has 0 fully saturated rings. The number of aromatic hydroxyl groups is 1. The molecular formula is C40H45N5O8S. The number of rotatable bonds is 18. The minimum absolute atomic E-state index is 0.0123. The van der Waals surface area contributed by atoms with Crippen LogP contribution in [0.1, 0.15) is 69.2 Å². The molecule has 13 nitrogen and oxygen atoms in total. The van der Waals surface area contributed by atoms with Gasteiger partial charge in [0.15, 0.2) is 0 Å². The van der Waals surface area contributed by atoms with Gasteiger partial charge in [-0.15, -0.1) is 0 Å². The highest BCUT2D eigenvalue weighted by Gasteiger charge is 2.23. The van der Waals surface area contributed by atoms with E-state index in [9.17, 15) is 33.3 Å². The molecule has 1 unspecified atom stereocenters. The molecule has 1 heterocycles. The molecule has 14 heteroatoms. The fraction of sp³-hybridized carbons (Fsp3) is 0.275. The number of aliphatic hydroxyl groups excluding tert-OH is 2. The van der Waals surface area contributed by atoms with E-state index in [-0.39, 0.29) is 33.3 Å². The van der Waals surface area contributed by atoms with Crippen LogP contribution < -0.4 is 26.4 Å². The Morgan fingerprint density at radius 1 is 0.926 bits per heavy atom. The third kappa shape index (κ3) is 9.51. The van der Waals surface area contributed by atoms with Gasteiger partial charge in [-0.3, -0.25) is 14.6 Å². The van der Waals surface area contributed by atoms with Crippen molar-refractivity contribution in [3.05, 3.63) is 113 Å². The zero-order valence-electron chi connectivity index (χ0n) is 30.1. The van der Waals surface area contributed by atoms with Gasteiger partial charge in [-0.1, -0.05) is 31.0 Å². The number of fused-ring (bicyclic) bond motifs is 1. The van der Waals surface area contributed by atoms with Crippen LogP contribution in [0.4, 0.5) is 11.4 Å². The van der Waals surface area contributed by atoms with Crippen molar-refractivity contribution < 1.29 is 38.1 Å². The summed E-state index contributed by atoms with van der Waals surface area (Å²) in [7, 11) is -2.59. The highest BCUT2D eigenvalue weighted by Crippen LogP contribution is 2.35. The first-order valence-corrected chi connectivity index (χ1v) is 19.0. The average molecular weight is 756 g/mol. The Bertz CT molecular complexity index is 2250. The van der Waals surface area contributed by atoms with Gasteiger partial charge in [-0.2, -0.15) is 0 Å². The van der Waals surface area contributed by atoms with Crippen LogP contribution in [0.15, 0.2) is 94.9 Å². The normalized spacial score (nSPS) is 12.0. The number of aliphatic hydroxyl groups is 2. The first-order chi connectivity index (χ1) is 25.9. The molecule has 5 aromatic rings. The van der Waals surface area contributed by atoms with Crippen molar-refractivity contribution in [1.82, 2.24) is 15.6 Å². The predicted octanol–water partition coefficient (Wildman–Crippen LogP) is 5.04.